The summed E-state index contributed by atoms with van der Waals surface area (Å²) in [5.41, 5.74) is 0.630. The number of nitrogens with one attached hydrogen (secondary N) is 2. The number of urea groups is 1. The fraction of sp³-hybridized carbons (Fsp3) is 0.556. The minimum absolute atomic E-state index is 0.0210. The van der Waals surface area contributed by atoms with Crippen molar-refractivity contribution in [2.24, 2.45) is 0 Å². The lowest BCUT2D eigenvalue weighted by molar-refractivity contribution is -0.139. The zero-order valence-corrected chi connectivity index (χ0v) is 15.0. The molecule has 0 bridgehead atoms. The molecule has 3 N–H and O–H groups in total. The number of hydrogen-bond acceptors (Lipinski definition) is 4. The van der Waals surface area contributed by atoms with E-state index in [1.165, 1.54) is 0 Å². The molecule has 0 atom stereocenters. The van der Waals surface area contributed by atoms with Crippen LogP contribution in [0.3, 0.4) is 0 Å². The largest absolute Gasteiger partial charge is 0.489 e. The molecule has 0 aliphatic heterocycles. The van der Waals surface area contributed by atoms with Gasteiger partial charge in [-0.1, -0.05) is 19.1 Å². The van der Waals surface area contributed by atoms with Crippen LogP contribution in [0.4, 0.5) is 10.5 Å². The highest BCUT2D eigenvalue weighted by atomic mass is 16.5. The topological polar surface area (TPSA) is 90.9 Å². The maximum absolute atomic E-state index is 12.2. The highest BCUT2D eigenvalue weighted by Gasteiger charge is 2.34. The number of amides is 2. The third-order valence-corrected chi connectivity index (χ3v) is 4.21. The van der Waals surface area contributed by atoms with Crippen molar-refractivity contribution in [2.45, 2.75) is 51.8 Å². The summed E-state index contributed by atoms with van der Waals surface area (Å²) in [6.45, 7) is 6.54. The number of nitrogens with zero attached hydrogens (tertiary/aromatic N) is 1. The van der Waals surface area contributed by atoms with Crippen molar-refractivity contribution in [1.29, 1.82) is 0 Å². The Morgan fingerprint density at radius 2 is 2.00 bits per heavy atom. The van der Waals surface area contributed by atoms with Gasteiger partial charge in [0, 0.05) is 12.1 Å². The first-order chi connectivity index (χ1) is 11.9. The number of ether oxygens (including phenoxy) is 1. The summed E-state index contributed by atoms with van der Waals surface area (Å²) in [5.74, 6) is -0.185. The van der Waals surface area contributed by atoms with Gasteiger partial charge in [0.1, 0.15) is 5.75 Å². The number of para-hydroxylation sites is 2. The maximum atomic E-state index is 12.2. The Morgan fingerprint density at radius 1 is 1.32 bits per heavy atom. The van der Waals surface area contributed by atoms with Crippen molar-refractivity contribution < 1.29 is 19.4 Å². The van der Waals surface area contributed by atoms with E-state index in [-0.39, 0.29) is 30.8 Å². The number of carboxylic acids is 1. The van der Waals surface area contributed by atoms with E-state index in [0.29, 0.717) is 18.0 Å². The molecule has 1 aliphatic carbocycles. The monoisotopic (exact) mass is 349 g/mol. The van der Waals surface area contributed by atoms with Crippen molar-refractivity contribution in [2.75, 3.05) is 18.4 Å². The molecule has 25 heavy (non-hydrogen) atoms. The molecule has 1 fully saturated rings. The molecule has 0 spiro atoms. The van der Waals surface area contributed by atoms with Gasteiger partial charge in [0.25, 0.3) is 0 Å². The van der Waals surface area contributed by atoms with Crippen LogP contribution in [0.15, 0.2) is 24.3 Å². The van der Waals surface area contributed by atoms with Gasteiger partial charge in [0.15, 0.2) is 0 Å². The third-order valence-electron chi connectivity index (χ3n) is 4.21. The number of carboxylic acid groups (broad SMARTS) is 1. The lowest BCUT2D eigenvalue weighted by atomic mass is 9.85. The molecule has 1 aromatic rings. The minimum atomic E-state index is -0.822. The van der Waals surface area contributed by atoms with Crippen LogP contribution >= 0.6 is 0 Å². The Hall–Kier alpha value is -2.28. The molecular formula is C18H27N3O4. The summed E-state index contributed by atoms with van der Waals surface area (Å²) in [7, 11) is 0. The molecule has 0 unspecified atom stereocenters. The Morgan fingerprint density at radius 3 is 2.60 bits per heavy atom. The van der Waals surface area contributed by atoms with Gasteiger partial charge in [-0.15, -0.1) is 0 Å². The van der Waals surface area contributed by atoms with Crippen LogP contribution < -0.4 is 15.4 Å². The van der Waals surface area contributed by atoms with Crippen molar-refractivity contribution in [1.82, 2.24) is 10.2 Å². The summed E-state index contributed by atoms with van der Waals surface area (Å²) < 4.78 is 5.69. The lowest BCUT2D eigenvalue weighted by Gasteiger charge is -2.42. The highest BCUT2D eigenvalue weighted by molar-refractivity contribution is 5.91. The summed E-state index contributed by atoms with van der Waals surface area (Å²) in [6.07, 6.45) is 1.55. The van der Waals surface area contributed by atoms with Crippen LogP contribution in [-0.2, 0) is 4.79 Å². The molecule has 2 rings (SSSR count). The molecule has 1 saturated carbocycles. The molecule has 2 amide bonds. The molecular weight excluding hydrogens is 322 g/mol. The zero-order valence-electron chi connectivity index (χ0n) is 15.0. The summed E-state index contributed by atoms with van der Waals surface area (Å²) >= 11 is 0. The fourth-order valence-electron chi connectivity index (χ4n) is 2.95. The van der Waals surface area contributed by atoms with Crippen molar-refractivity contribution in [3.8, 4) is 5.75 Å². The zero-order chi connectivity index (χ0) is 18.4. The van der Waals surface area contributed by atoms with Gasteiger partial charge in [0.05, 0.1) is 18.3 Å². The highest BCUT2D eigenvalue weighted by Crippen LogP contribution is 2.27. The average Bonchev–Trinajstić information content (AvgIpc) is 2.49. The Labute approximate surface area is 148 Å². The molecule has 1 aliphatic rings. The van der Waals surface area contributed by atoms with Gasteiger partial charge in [0.2, 0.25) is 0 Å². The first-order valence-corrected chi connectivity index (χ1v) is 8.68. The van der Waals surface area contributed by atoms with Crippen LogP contribution in [-0.4, -0.2) is 53.3 Å². The first kappa shape index (κ1) is 19.1. The second-order valence-electron chi connectivity index (χ2n) is 6.54. The van der Waals surface area contributed by atoms with Gasteiger partial charge in [-0.05, 0) is 45.4 Å². The van der Waals surface area contributed by atoms with E-state index in [2.05, 4.69) is 10.6 Å². The number of carbonyl (C=O) groups excluding carboxylic acids is 1. The van der Waals surface area contributed by atoms with Gasteiger partial charge < -0.3 is 20.5 Å². The predicted octanol–water partition coefficient (Wildman–Crippen LogP) is 2.53. The molecule has 7 nitrogen and oxygen atoms in total. The lowest BCUT2D eigenvalue weighted by Crippen LogP contribution is -2.55. The summed E-state index contributed by atoms with van der Waals surface area (Å²) in [5, 5.41) is 14.7. The predicted molar refractivity (Wildman–Crippen MR) is 96.1 cm³/mol. The number of carbonyl (C=O) groups is 2. The maximum Gasteiger partial charge on any atom is 0.319 e. The first-order valence-electron chi connectivity index (χ1n) is 8.68. The quantitative estimate of drug-likeness (QED) is 0.671. The Kier molecular flexibility index (Phi) is 6.64. The van der Waals surface area contributed by atoms with E-state index in [4.69, 9.17) is 9.84 Å². The summed E-state index contributed by atoms with van der Waals surface area (Å²) in [4.78, 5) is 25.0. The smallest absolute Gasteiger partial charge is 0.319 e. The van der Waals surface area contributed by atoms with Crippen LogP contribution in [0.2, 0.25) is 0 Å². The average molecular weight is 349 g/mol. The molecule has 0 aromatic heterocycles. The van der Waals surface area contributed by atoms with Crippen LogP contribution in [0.25, 0.3) is 0 Å². The van der Waals surface area contributed by atoms with Crippen LogP contribution in [0.5, 0.6) is 5.75 Å². The van der Waals surface area contributed by atoms with Gasteiger partial charge >= 0.3 is 12.0 Å². The molecule has 138 valence electrons. The molecule has 0 radical (unpaired) electrons. The molecule has 0 heterocycles. The van der Waals surface area contributed by atoms with Crippen LogP contribution in [0, 0.1) is 0 Å². The fourth-order valence-corrected chi connectivity index (χ4v) is 2.95. The number of benzene rings is 1. The molecule has 0 saturated heterocycles. The van der Waals surface area contributed by atoms with Crippen LogP contribution in [0.1, 0.15) is 33.6 Å². The van der Waals surface area contributed by atoms with E-state index < -0.39 is 5.97 Å². The van der Waals surface area contributed by atoms with E-state index in [0.717, 1.165) is 12.8 Å². The van der Waals surface area contributed by atoms with E-state index >= 15 is 0 Å². The van der Waals surface area contributed by atoms with Crippen molar-refractivity contribution in [3.63, 3.8) is 0 Å². The number of aliphatic carboxylic acids is 1. The van der Waals surface area contributed by atoms with Gasteiger partial charge in [-0.3, -0.25) is 9.69 Å². The number of likely N-dealkylation sites (N-methyl/N-ethyl adjacent to an activating group) is 1. The normalized spacial score (nSPS) is 19.4. The minimum Gasteiger partial charge on any atom is -0.489 e. The van der Waals surface area contributed by atoms with Crippen molar-refractivity contribution in [3.05, 3.63) is 24.3 Å². The van der Waals surface area contributed by atoms with Crippen molar-refractivity contribution >= 4 is 17.7 Å². The Bertz CT molecular complexity index is 600. The summed E-state index contributed by atoms with van der Waals surface area (Å²) in [6, 6.07) is 7.32. The second kappa shape index (κ2) is 8.71. The number of anilines is 1. The number of rotatable bonds is 8. The SMILES string of the molecule is CCN(CC(=O)O)C1CC(NC(=O)Nc2ccccc2OC(C)C)C1. The van der Waals surface area contributed by atoms with Gasteiger partial charge in [-0.2, -0.15) is 0 Å². The standard InChI is InChI=1S/C18H27N3O4/c1-4-21(11-17(22)23)14-9-13(10-14)19-18(24)20-15-7-5-6-8-16(15)25-12(2)3/h5-8,12-14H,4,9-11H2,1-3H3,(H,22,23)(H2,19,20,24). The third kappa shape index (κ3) is 5.63. The Balaban J connectivity index is 1.82. The van der Waals surface area contributed by atoms with Gasteiger partial charge in [-0.25, -0.2) is 4.79 Å². The molecule has 7 heteroatoms. The number of hydrogen-bond donors (Lipinski definition) is 3. The second-order valence-corrected chi connectivity index (χ2v) is 6.54. The van der Waals surface area contributed by atoms with E-state index in [9.17, 15) is 9.59 Å². The van der Waals surface area contributed by atoms with E-state index in [1.54, 1.807) is 6.07 Å². The molecule has 1 aromatic carbocycles. The van der Waals surface area contributed by atoms with E-state index in [1.807, 2.05) is 43.9 Å².